The van der Waals surface area contributed by atoms with Crippen LogP contribution in [0.1, 0.15) is 15.9 Å². The van der Waals surface area contributed by atoms with Crippen molar-refractivity contribution in [1.29, 1.82) is 0 Å². The number of hydrogen-bond acceptors (Lipinski definition) is 4. The Labute approximate surface area is 169 Å². The molecule has 0 unspecified atom stereocenters. The maximum Gasteiger partial charge on any atom is 0.254 e. The minimum absolute atomic E-state index is 0.0126. The predicted octanol–water partition coefficient (Wildman–Crippen LogP) is 3.97. The molecule has 3 rings (SSSR count). The first-order valence-electron chi connectivity index (χ1n) is 8.69. The third-order valence-electron chi connectivity index (χ3n) is 4.65. The summed E-state index contributed by atoms with van der Waals surface area (Å²) in [5.41, 5.74) is 1.69. The zero-order valence-electron chi connectivity index (χ0n) is 15.4. The van der Waals surface area contributed by atoms with Crippen LogP contribution in [0.15, 0.2) is 36.4 Å². The summed E-state index contributed by atoms with van der Waals surface area (Å²) in [4.78, 5) is 17.0. The Balaban J connectivity index is 1.61. The molecule has 1 aliphatic heterocycles. The van der Waals surface area contributed by atoms with Crippen LogP contribution in [0.4, 0.5) is 0 Å². The van der Waals surface area contributed by atoms with Gasteiger partial charge in [0.15, 0.2) is 0 Å². The fraction of sp³-hybridized carbons (Fsp3) is 0.350. The highest BCUT2D eigenvalue weighted by Crippen LogP contribution is 2.25. The van der Waals surface area contributed by atoms with Crippen molar-refractivity contribution in [2.24, 2.45) is 0 Å². The van der Waals surface area contributed by atoms with E-state index in [1.54, 1.807) is 32.4 Å². The van der Waals surface area contributed by atoms with E-state index < -0.39 is 0 Å². The van der Waals surface area contributed by atoms with E-state index >= 15 is 0 Å². The number of amides is 1. The van der Waals surface area contributed by atoms with Gasteiger partial charge in [-0.05, 0) is 29.8 Å². The smallest absolute Gasteiger partial charge is 0.254 e. The first-order valence-corrected chi connectivity index (χ1v) is 9.44. The maximum absolute atomic E-state index is 12.8. The molecule has 1 amide bonds. The molecule has 0 saturated carbocycles. The van der Waals surface area contributed by atoms with Crippen LogP contribution in [-0.4, -0.2) is 56.1 Å². The van der Waals surface area contributed by atoms with Gasteiger partial charge in [-0.1, -0.05) is 29.3 Å². The fourth-order valence-corrected chi connectivity index (χ4v) is 3.44. The summed E-state index contributed by atoms with van der Waals surface area (Å²) < 4.78 is 10.5. The van der Waals surface area contributed by atoms with Crippen molar-refractivity contribution in [1.82, 2.24) is 9.80 Å². The maximum atomic E-state index is 12.8. The number of piperazine rings is 1. The quantitative estimate of drug-likeness (QED) is 0.750. The molecule has 2 aromatic rings. The monoisotopic (exact) mass is 408 g/mol. The molecule has 7 heteroatoms. The van der Waals surface area contributed by atoms with Crippen LogP contribution in [0.25, 0.3) is 0 Å². The SMILES string of the molecule is COc1cc(OC)cc(C(=O)N2CCN(Cc3ccc(Cl)c(Cl)c3)CC2)c1. The van der Waals surface area contributed by atoms with E-state index in [4.69, 9.17) is 32.7 Å². The molecular formula is C20H22Cl2N2O3. The Morgan fingerprint density at radius 3 is 2.11 bits per heavy atom. The molecule has 2 aromatic carbocycles. The molecule has 0 radical (unpaired) electrons. The molecule has 0 bridgehead atoms. The number of ether oxygens (including phenoxy) is 2. The molecule has 1 heterocycles. The van der Waals surface area contributed by atoms with Crippen molar-refractivity contribution in [3.05, 3.63) is 57.6 Å². The summed E-state index contributed by atoms with van der Waals surface area (Å²) in [6.45, 7) is 3.71. The number of nitrogens with zero attached hydrogens (tertiary/aromatic N) is 2. The molecule has 1 saturated heterocycles. The first kappa shape index (κ1) is 19.8. The minimum atomic E-state index is -0.0126. The van der Waals surface area contributed by atoms with Gasteiger partial charge in [-0.2, -0.15) is 0 Å². The van der Waals surface area contributed by atoms with Gasteiger partial charge in [0, 0.05) is 44.4 Å². The average molecular weight is 409 g/mol. The van der Waals surface area contributed by atoms with E-state index in [1.165, 1.54) is 0 Å². The summed E-state index contributed by atoms with van der Waals surface area (Å²) in [5.74, 6) is 1.20. The molecule has 1 aliphatic rings. The van der Waals surface area contributed by atoms with Gasteiger partial charge in [-0.15, -0.1) is 0 Å². The summed E-state index contributed by atoms with van der Waals surface area (Å²) >= 11 is 12.1. The first-order chi connectivity index (χ1) is 13.0. The zero-order valence-corrected chi connectivity index (χ0v) is 16.9. The number of benzene rings is 2. The second-order valence-electron chi connectivity index (χ2n) is 6.42. The van der Waals surface area contributed by atoms with Gasteiger partial charge in [0.1, 0.15) is 11.5 Å². The van der Waals surface area contributed by atoms with Gasteiger partial charge >= 0.3 is 0 Å². The van der Waals surface area contributed by atoms with Crippen LogP contribution in [0, 0.1) is 0 Å². The Bertz CT molecular complexity index is 799. The lowest BCUT2D eigenvalue weighted by atomic mass is 10.1. The van der Waals surface area contributed by atoms with Crippen LogP contribution < -0.4 is 9.47 Å². The number of hydrogen-bond donors (Lipinski definition) is 0. The molecule has 0 aliphatic carbocycles. The topological polar surface area (TPSA) is 42.0 Å². The highest BCUT2D eigenvalue weighted by atomic mass is 35.5. The minimum Gasteiger partial charge on any atom is -0.497 e. The van der Waals surface area contributed by atoms with Crippen molar-refractivity contribution in [3.63, 3.8) is 0 Å². The van der Waals surface area contributed by atoms with Crippen molar-refractivity contribution >= 4 is 29.1 Å². The van der Waals surface area contributed by atoms with Crippen molar-refractivity contribution in [2.45, 2.75) is 6.54 Å². The number of halogens is 2. The molecule has 5 nitrogen and oxygen atoms in total. The van der Waals surface area contributed by atoms with E-state index in [9.17, 15) is 4.79 Å². The van der Waals surface area contributed by atoms with Crippen LogP contribution in [-0.2, 0) is 6.54 Å². The lowest BCUT2D eigenvalue weighted by molar-refractivity contribution is 0.0628. The normalized spacial score (nSPS) is 14.9. The van der Waals surface area contributed by atoms with Crippen LogP contribution >= 0.6 is 23.2 Å². The van der Waals surface area contributed by atoms with Gasteiger partial charge < -0.3 is 14.4 Å². The van der Waals surface area contributed by atoms with E-state index in [0.29, 0.717) is 40.2 Å². The number of carbonyl (C=O) groups is 1. The van der Waals surface area contributed by atoms with E-state index in [1.807, 2.05) is 23.1 Å². The zero-order chi connectivity index (χ0) is 19.4. The Morgan fingerprint density at radius 1 is 0.926 bits per heavy atom. The highest BCUT2D eigenvalue weighted by Gasteiger charge is 2.23. The second kappa shape index (κ2) is 8.83. The number of carbonyl (C=O) groups excluding carboxylic acids is 1. The Morgan fingerprint density at radius 2 is 1.56 bits per heavy atom. The average Bonchev–Trinajstić information content (AvgIpc) is 2.70. The van der Waals surface area contributed by atoms with Gasteiger partial charge in [0.05, 0.1) is 24.3 Å². The highest BCUT2D eigenvalue weighted by molar-refractivity contribution is 6.42. The largest absolute Gasteiger partial charge is 0.497 e. The van der Waals surface area contributed by atoms with Crippen molar-refractivity contribution in [2.75, 3.05) is 40.4 Å². The lowest BCUT2D eigenvalue weighted by Gasteiger charge is -2.35. The van der Waals surface area contributed by atoms with Crippen molar-refractivity contribution in [3.8, 4) is 11.5 Å². The lowest BCUT2D eigenvalue weighted by Crippen LogP contribution is -2.48. The molecule has 1 fully saturated rings. The van der Waals surface area contributed by atoms with Crippen molar-refractivity contribution < 1.29 is 14.3 Å². The van der Waals surface area contributed by atoms with Crippen LogP contribution in [0.2, 0.25) is 10.0 Å². The molecule has 0 N–H and O–H groups in total. The molecular weight excluding hydrogens is 387 g/mol. The summed E-state index contributed by atoms with van der Waals surface area (Å²) in [6.07, 6.45) is 0. The summed E-state index contributed by atoms with van der Waals surface area (Å²) in [5, 5.41) is 1.12. The summed E-state index contributed by atoms with van der Waals surface area (Å²) in [6, 6.07) is 10.9. The standard InChI is InChI=1S/C20H22Cl2N2O3/c1-26-16-10-15(11-17(12-16)27-2)20(25)24-7-5-23(6-8-24)13-14-3-4-18(21)19(22)9-14/h3-4,9-12H,5-8,13H2,1-2H3. The molecule has 0 atom stereocenters. The van der Waals surface area contributed by atoms with Crippen LogP contribution in [0.3, 0.4) is 0 Å². The van der Waals surface area contributed by atoms with Gasteiger partial charge in [0.25, 0.3) is 5.91 Å². The van der Waals surface area contributed by atoms with E-state index in [0.717, 1.165) is 25.2 Å². The second-order valence-corrected chi connectivity index (χ2v) is 7.23. The van der Waals surface area contributed by atoms with E-state index in [2.05, 4.69) is 4.90 Å². The number of methoxy groups -OCH3 is 2. The van der Waals surface area contributed by atoms with Crippen LogP contribution in [0.5, 0.6) is 11.5 Å². The fourth-order valence-electron chi connectivity index (χ4n) is 3.12. The van der Waals surface area contributed by atoms with E-state index in [-0.39, 0.29) is 5.91 Å². The summed E-state index contributed by atoms with van der Waals surface area (Å²) in [7, 11) is 3.15. The third-order valence-corrected chi connectivity index (χ3v) is 5.39. The predicted molar refractivity (Wildman–Crippen MR) is 107 cm³/mol. The molecule has 144 valence electrons. The molecule has 27 heavy (non-hydrogen) atoms. The molecule has 0 spiro atoms. The molecule has 0 aromatic heterocycles. The number of rotatable bonds is 5. The third kappa shape index (κ3) is 4.86. The van der Waals surface area contributed by atoms with Gasteiger partial charge in [0.2, 0.25) is 0 Å². The Hall–Kier alpha value is -1.95. The van der Waals surface area contributed by atoms with Gasteiger partial charge in [-0.3, -0.25) is 9.69 Å². The van der Waals surface area contributed by atoms with Gasteiger partial charge in [-0.25, -0.2) is 0 Å². The Kier molecular flexibility index (Phi) is 6.47.